The van der Waals surface area contributed by atoms with Crippen molar-refractivity contribution in [1.29, 1.82) is 0 Å². The van der Waals surface area contributed by atoms with E-state index in [1.54, 1.807) is 12.1 Å². The average molecular weight is 185 g/mol. The van der Waals surface area contributed by atoms with E-state index in [1.807, 2.05) is 6.07 Å². The summed E-state index contributed by atoms with van der Waals surface area (Å²) in [6, 6.07) is 7.51. The fraction of sp³-hybridized carbons (Fsp3) is 0.250. The van der Waals surface area contributed by atoms with Crippen molar-refractivity contribution < 1.29 is 5.11 Å². The minimum absolute atomic E-state index is 0.317. The van der Waals surface area contributed by atoms with Crippen LogP contribution in [0.1, 0.15) is 17.7 Å². The second kappa shape index (κ2) is 2.71. The van der Waals surface area contributed by atoms with Crippen LogP contribution in [0.15, 0.2) is 24.3 Å². The Hall–Kier alpha value is -1.57. The molecular formula is C12H11NO. The van der Waals surface area contributed by atoms with Crippen LogP contribution in [0.3, 0.4) is 0 Å². The molecule has 3 rings (SSSR count). The van der Waals surface area contributed by atoms with Gasteiger partial charge in [0.2, 0.25) is 0 Å². The monoisotopic (exact) mass is 185 g/mol. The maximum absolute atomic E-state index is 9.35. The summed E-state index contributed by atoms with van der Waals surface area (Å²) < 4.78 is 0. The molecule has 2 aromatic rings. The molecule has 0 spiro atoms. The van der Waals surface area contributed by atoms with Crippen LogP contribution in [0.2, 0.25) is 0 Å². The largest absolute Gasteiger partial charge is 0.508 e. The molecule has 2 nitrogen and oxygen atoms in total. The molecule has 0 aliphatic heterocycles. The van der Waals surface area contributed by atoms with Gasteiger partial charge in [-0.25, -0.2) is 0 Å². The molecule has 2 heteroatoms. The number of aromatic nitrogens is 1. The van der Waals surface area contributed by atoms with Gasteiger partial charge in [0.15, 0.2) is 0 Å². The van der Waals surface area contributed by atoms with Crippen LogP contribution in [0.5, 0.6) is 5.75 Å². The van der Waals surface area contributed by atoms with E-state index in [9.17, 15) is 5.11 Å². The third-order valence-electron chi connectivity index (χ3n) is 2.83. The van der Waals surface area contributed by atoms with Crippen LogP contribution in [0.4, 0.5) is 0 Å². The molecule has 1 aromatic carbocycles. The maximum atomic E-state index is 9.35. The second-order valence-electron chi connectivity index (χ2n) is 3.82. The van der Waals surface area contributed by atoms with Crippen molar-refractivity contribution in [2.24, 2.45) is 0 Å². The molecule has 1 aromatic heterocycles. The number of benzene rings is 1. The lowest BCUT2D eigenvalue weighted by Gasteiger charge is -2.02. The first-order valence-electron chi connectivity index (χ1n) is 4.94. The summed E-state index contributed by atoms with van der Waals surface area (Å²) in [6.45, 7) is 0. The summed E-state index contributed by atoms with van der Waals surface area (Å²) in [7, 11) is 0. The summed E-state index contributed by atoms with van der Waals surface area (Å²) in [6.07, 6.45) is 3.45. The highest BCUT2D eigenvalue weighted by atomic mass is 16.3. The number of fused-ring (bicyclic) bond motifs is 2. The van der Waals surface area contributed by atoms with E-state index in [-0.39, 0.29) is 0 Å². The van der Waals surface area contributed by atoms with Gasteiger partial charge in [-0.15, -0.1) is 0 Å². The molecule has 1 N–H and O–H groups in total. The molecule has 70 valence electrons. The van der Waals surface area contributed by atoms with E-state index in [4.69, 9.17) is 0 Å². The molecule has 0 radical (unpaired) electrons. The zero-order chi connectivity index (χ0) is 9.54. The van der Waals surface area contributed by atoms with Crippen molar-refractivity contribution in [3.05, 3.63) is 35.5 Å². The minimum atomic E-state index is 0.317. The number of pyridine rings is 1. The highest BCUT2D eigenvalue weighted by molar-refractivity contribution is 5.81. The molecule has 0 saturated heterocycles. The van der Waals surface area contributed by atoms with Crippen molar-refractivity contribution in [1.82, 2.24) is 4.98 Å². The second-order valence-corrected chi connectivity index (χ2v) is 3.82. The Morgan fingerprint density at radius 3 is 3.00 bits per heavy atom. The number of hydrogen-bond acceptors (Lipinski definition) is 2. The van der Waals surface area contributed by atoms with Crippen molar-refractivity contribution in [2.75, 3.05) is 0 Å². The smallest absolute Gasteiger partial charge is 0.116 e. The summed E-state index contributed by atoms with van der Waals surface area (Å²) in [5, 5.41) is 10.4. The van der Waals surface area contributed by atoms with E-state index in [1.165, 1.54) is 17.7 Å². The van der Waals surface area contributed by atoms with Crippen LogP contribution in [0, 0.1) is 0 Å². The molecule has 0 atom stereocenters. The van der Waals surface area contributed by atoms with Gasteiger partial charge in [-0.1, -0.05) is 0 Å². The predicted octanol–water partition coefficient (Wildman–Crippen LogP) is 2.43. The van der Waals surface area contributed by atoms with Crippen LogP contribution in [0.25, 0.3) is 10.9 Å². The maximum Gasteiger partial charge on any atom is 0.116 e. The lowest BCUT2D eigenvalue weighted by atomic mass is 10.1. The van der Waals surface area contributed by atoms with E-state index >= 15 is 0 Å². The Bertz CT molecular complexity index is 505. The quantitative estimate of drug-likeness (QED) is 0.683. The SMILES string of the molecule is Oc1ccc2nc3c(cc2c1)CCC3. The summed E-state index contributed by atoms with van der Waals surface area (Å²) in [5.74, 6) is 0.317. The Kier molecular flexibility index (Phi) is 1.51. The number of phenolic OH excluding ortho intramolecular Hbond substituents is 1. The number of nitrogens with zero attached hydrogens (tertiary/aromatic N) is 1. The number of aryl methyl sites for hydroxylation is 2. The topological polar surface area (TPSA) is 33.1 Å². The Morgan fingerprint density at radius 1 is 1.14 bits per heavy atom. The first-order chi connectivity index (χ1) is 6.83. The lowest BCUT2D eigenvalue weighted by molar-refractivity contribution is 0.476. The predicted molar refractivity (Wildman–Crippen MR) is 55.4 cm³/mol. The Balaban J connectivity index is 2.33. The highest BCUT2D eigenvalue weighted by Crippen LogP contribution is 2.26. The molecule has 1 heterocycles. The molecule has 14 heavy (non-hydrogen) atoms. The van der Waals surface area contributed by atoms with Gasteiger partial charge in [0.1, 0.15) is 5.75 Å². The fourth-order valence-electron chi connectivity index (χ4n) is 2.13. The normalized spacial score (nSPS) is 14.6. The standard InChI is InChI=1S/C12H11NO/c14-10-4-5-12-9(7-10)6-8-2-1-3-11(8)13-12/h4-7,14H,1-3H2. The minimum Gasteiger partial charge on any atom is -0.508 e. The van der Waals surface area contributed by atoms with Crippen molar-refractivity contribution in [3.8, 4) is 5.75 Å². The van der Waals surface area contributed by atoms with Gasteiger partial charge in [0.05, 0.1) is 5.52 Å². The molecule has 0 amide bonds. The molecule has 0 fully saturated rings. The Morgan fingerprint density at radius 2 is 2.07 bits per heavy atom. The van der Waals surface area contributed by atoms with Gasteiger partial charge in [-0.05, 0) is 49.1 Å². The van der Waals surface area contributed by atoms with E-state index in [0.717, 1.165) is 23.7 Å². The summed E-state index contributed by atoms with van der Waals surface area (Å²) in [4.78, 5) is 4.59. The third-order valence-corrected chi connectivity index (χ3v) is 2.83. The van der Waals surface area contributed by atoms with E-state index < -0.39 is 0 Å². The van der Waals surface area contributed by atoms with Crippen LogP contribution in [-0.2, 0) is 12.8 Å². The van der Waals surface area contributed by atoms with Crippen LogP contribution < -0.4 is 0 Å². The fourth-order valence-corrected chi connectivity index (χ4v) is 2.13. The zero-order valence-corrected chi connectivity index (χ0v) is 7.83. The average Bonchev–Trinajstić information content (AvgIpc) is 2.61. The van der Waals surface area contributed by atoms with Gasteiger partial charge in [-0.3, -0.25) is 4.98 Å². The third kappa shape index (κ3) is 1.07. The molecule has 0 unspecified atom stereocenters. The molecule has 0 saturated carbocycles. The summed E-state index contributed by atoms with van der Waals surface area (Å²) in [5.41, 5.74) is 3.58. The van der Waals surface area contributed by atoms with Gasteiger partial charge in [0, 0.05) is 11.1 Å². The van der Waals surface area contributed by atoms with Gasteiger partial charge >= 0.3 is 0 Å². The van der Waals surface area contributed by atoms with E-state index in [2.05, 4.69) is 11.1 Å². The highest BCUT2D eigenvalue weighted by Gasteiger charge is 2.12. The number of rotatable bonds is 0. The first-order valence-corrected chi connectivity index (χ1v) is 4.94. The van der Waals surface area contributed by atoms with Crippen LogP contribution in [-0.4, -0.2) is 10.1 Å². The van der Waals surface area contributed by atoms with Crippen molar-refractivity contribution in [2.45, 2.75) is 19.3 Å². The number of aromatic hydroxyl groups is 1. The Labute approximate surface area is 82.2 Å². The van der Waals surface area contributed by atoms with Crippen molar-refractivity contribution in [3.63, 3.8) is 0 Å². The molecule has 0 bridgehead atoms. The lowest BCUT2D eigenvalue weighted by Crippen LogP contribution is -1.88. The number of phenols is 1. The molecule has 1 aliphatic rings. The van der Waals surface area contributed by atoms with E-state index in [0.29, 0.717) is 5.75 Å². The van der Waals surface area contributed by atoms with Gasteiger partial charge in [-0.2, -0.15) is 0 Å². The van der Waals surface area contributed by atoms with Crippen molar-refractivity contribution >= 4 is 10.9 Å². The zero-order valence-electron chi connectivity index (χ0n) is 7.83. The first kappa shape index (κ1) is 7.80. The summed E-state index contributed by atoms with van der Waals surface area (Å²) >= 11 is 0. The van der Waals surface area contributed by atoms with Gasteiger partial charge in [0.25, 0.3) is 0 Å². The molecule has 1 aliphatic carbocycles. The molecular weight excluding hydrogens is 174 g/mol. The van der Waals surface area contributed by atoms with Gasteiger partial charge < -0.3 is 5.11 Å². The number of hydrogen-bond donors (Lipinski definition) is 1. The van der Waals surface area contributed by atoms with Crippen LogP contribution >= 0.6 is 0 Å².